The lowest BCUT2D eigenvalue weighted by molar-refractivity contribution is 0.305. The second-order valence-corrected chi connectivity index (χ2v) is 6.90. The molecule has 1 N–H and O–H groups in total. The summed E-state index contributed by atoms with van der Waals surface area (Å²) in [6.07, 6.45) is 12.3. The van der Waals surface area contributed by atoms with Gasteiger partial charge in [-0.2, -0.15) is 0 Å². The number of rotatable bonds is 7. The van der Waals surface area contributed by atoms with Crippen molar-refractivity contribution in [2.75, 3.05) is 6.54 Å². The van der Waals surface area contributed by atoms with Gasteiger partial charge in [0, 0.05) is 18.0 Å². The molecule has 110 valence electrons. The van der Waals surface area contributed by atoms with Crippen molar-refractivity contribution < 1.29 is 0 Å². The summed E-state index contributed by atoms with van der Waals surface area (Å²) >= 11 is 0. The topological polar surface area (TPSA) is 12.0 Å². The normalized spacial score (nSPS) is 25.4. The number of fused-ring (bicyclic) bond motifs is 1. The second-order valence-electron chi connectivity index (χ2n) is 6.90. The second kappa shape index (κ2) is 6.30. The molecule has 1 aromatic carbocycles. The van der Waals surface area contributed by atoms with E-state index in [2.05, 4.69) is 36.5 Å². The van der Waals surface area contributed by atoms with Crippen LogP contribution in [-0.4, -0.2) is 12.6 Å². The molecule has 1 nitrogen and oxygen atoms in total. The molecule has 0 radical (unpaired) electrons. The Labute approximate surface area is 124 Å². The third-order valence-electron chi connectivity index (χ3n) is 5.26. The summed E-state index contributed by atoms with van der Waals surface area (Å²) < 4.78 is 0. The summed E-state index contributed by atoms with van der Waals surface area (Å²) in [5.74, 6) is 0. The van der Waals surface area contributed by atoms with Gasteiger partial charge in [-0.3, -0.25) is 0 Å². The average Bonchev–Trinajstić information content (AvgIpc) is 3.30. The molecule has 0 bridgehead atoms. The van der Waals surface area contributed by atoms with Gasteiger partial charge in [0.2, 0.25) is 0 Å². The third kappa shape index (κ3) is 3.09. The molecule has 1 heteroatoms. The predicted octanol–water partition coefficient (Wildman–Crippen LogP) is 4.59. The maximum Gasteiger partial charge on any atom is 0.00807 e. The van der Waals surface area contributed by atoms with E-state index in [0.29, 0.717) is 5.41 Å². The minimum atomic E-state index is 0.423. The number of benzene rings is 1. The van der Waals surface area contributed by atoms with Gasteiger partial charge in [-0.1, -0.05) is 50.5 Å². The Hall–Kier alpha value is -0.820. The van der Waals surface area contributed by atoms with E-state index in [4.69, 9.17) is 0 Å². The van der Waals surface area contributed by atoms with Crippen molar-refractivity contribution in [3.8, 4) is 0 Å². The monoisotopic (exact) mass is 271 g/mol. The van der Waals surface area contributed by atoms with Crippen molar-refractivity contribution in [3.63, 3.8) is 0 Å². The van der Waals surface area contributed by atoms with Crippen LogP contribution in [0.4, 0.5) is 0 Å². The smallest absolute Gasteiger partial charge is 0.00807 e. The van der Waals surface area contributed by atoms with Crippen molar-refractivity contribution >= 4 is 0 Å². The van der Waals surface area contributed by atoms with Gasteiger partial charge in [0.05, 0.1) is 0 Å². The highest BCUT2D eigenvalue weighted by molar-refractivity contribution is 5.37. The van der Waals surface area contributed by atoms with Crippen molar-refractivity contribution in [3.05, 3.63) is 35.4 Å². The minimum absolute atomic E-state index is 0.423. The number of nitrogens with one attached hydrogen (secondary N) is 1. The van der Waals surface area contributed by atoms with E-state index in [1.807, 2.05) is 0 Å². The van der Waals surface area contributed by atoms with E-state index in [0.717, 1.165) is 6.04 Å². The number of aryl methyl sites for hydroxylation is 1. The Morgan fingerprint density at radius 2 is 2.05 bits per heavy atom. The minimum Gasteiger partial charge on any atom is -0.313 e. The van der Waals surface area contributed by atoms with Gasteiger partial charge in [-0.15, -0.1) is 0 Å². The maximum atomic E-state index is 3.83. The van der Waals surface area contributed by atoms with Gasteiger partial charge in [0.25, 0.3) is 0 Å². The van der Waals surface area contributed by atoms with Gasteiger partial charge >= 0.3 is 0 Å². The largest absolute Gasteiger partial charge is 0.313 e. The molecule has 3 rings (SSSR count). The lowest BCUT2D eigenvalue weighted by Gasteiger charge is -2.40. The molecular formula is C19H29N. The van der Waals surface area contributed by atoms with E-state index >= 15 is 0 Å². The van der Waals surface area contributed by atoms with Gasteiger partial charge in [-0.05, 0) is 49.7 Å². The molecule has 1 fully saturated rings. The summed E-state index contributed by atoms with van der Waals surface area (Å²) in [7, 11) is 0. The maximum absolute atomic E-state index is 3.83. The van der Waals surface area contributed by atoms with Gasteiger partial charge in [0.15, 0.2) is 0 Å². The van der Waals surface area contributed by atoms with Gasteiger partial charge in [0.1, 0.15) is 0 Å². The number of hydrogen-bond acceptors (Lipinski definition) is 1. The van der Waals surface area contributed by atoms with Crippen LogP contribution in [0.3, 0.4) is 0 Å². The van der Waals surface area contributed by atoms with E-state index < -0.39 is 0 Å². The quantitative estimate of drug-likeness (QED) is 0.715. The Kier molecular flexibility index (Phi) is 4.45. The van der Waals surface area contributed by atoms with Crippen LogP contribution >= 0.6 is 0 Å². The summed E-state index contributed by atoms with van der Waals surface area (Å²) in [5.41, 5.74) is 3.70. The van der Waals surface area contributed by atoms with Gasteiger partial charge < -0.3 is 5.32 Å². The molecule has 1 saturated carbocycles. The van der Waals surface area contributed by atoms with Crippen LogP contribution in [0.25, 0.3) is 0 Å². The molecule has 20 heavy (non-hydrogen) atoms. The first-order valence-corrected chi connectivity index (χ1v) is 8.66. The van der Waals surface area contributed by atoms with Crippen LogP contribution in [0.1, 0.15) is 69.4 Å². The standard InChI is InChI=1S/C19H29N/c1-2-3-6-13-19(15-20-17-11-12-17)14-7-9-16-8-4-5-10-18(16)19/h4-5,8,10,17,20H,2-3,6-7,9,11-15H2,1H3. The summed E-state index contributed by atoms with van der Waals surface area (Å²) in [6, 6.07) is 10.1. The van der Waals surface area contributed by atoms with Crippen molar-refractivity contribution in [2.45, 2.75) is 76.2 Å². The Bertz CT molecular complexity index is 435. The molecule has 0 aliphatic heterocycles. The molecule has 1 atom stereocenters. The zero-order chi connectivity index (χ0) is 13.8. The first kappa shape index (κ1) is 14.1. The molecule has 1 unspecified atom stereocenters. The molecule has 2 aliphatic carbocycles. The highest BCUT2D eigenvalue weighted by atomic mass is 15.0. The molecular weight excluding hydrogens is 242 g/mol. The fourth-order valence-corrected chi connectivity index (χ4v) is 3.88. The summed E-state index contributed by atoms with van der Waals surface area (Å²) in [6.45, 7) is 3.52. The van der Waals surface area contributed by atoms with Crippen LogP contribution in [0.15, 0.2) is 24.3 Å². The van der Waals surface area contributed by atoms with Crippen molar-refractivity contribution in [2.24, 2.45) is 0 Å². The highest BCUT2D eigenvalue weighted by Crippen LogP contribution is 2.41. The van der Waals surface area contributed by atoms with Crippen molar-refractivity contribution in [1.29, 1.82) is 0 Å². The van der Waals surface area contributed by atoms with E-state index in [1.54, 1.807) is 11.1 Å². The van der Waals surface area contributed by atoms with E-state index in [-0.39, 0.29) is 0 Å². The molecule has 0 saturated heterocycles. The van der Waals surface area contributed by atoms with Crippen LogP contribution in [0, 0.1) is 0 Å². The first-order chi connectivity index (χ1) is 9.84. The third-order valence-corrected chi connectivity index (χ3v) is 5.26. The Morgan fingerprint density at radius 1 is 1.20 bits per heavy atom. The van der Waals surface area contributed by atoms with Crippen LogP contribution in [-0.2, 0) is 11.8 Å². The SMILES string of the molecule is CCCCCC1(CNC2CC2)CCCc2ccccc21. The lowest BCUT2D eigenvalue weighted by atomic mass is 9.67. The summed E-state index contributed by atoms with van der Waals surface area (Å²) in [4.78, 5) is 0. The number of hydrogen-bond donors (Lipinski definition) is 1. The molecule has 1 aromatic rings. The van der Waals surface area contributed by atoms with E-state index in [1.165, 1.54) is 64.3 Å². The van der Waals surface area contributed by atoms with Crippen molar-refractivity contribution in [1.82, 2.24) is 5.32 Å². The number of unbranched alkanes of at least 4 members (excludes halogenated alkanes) is 2. The fourth-order valence-electron chi connectivity index (χ4n) is 3.88. The predicted molar refractivity (Wildman–Crippen MR) is 86.2 cm³/mol. The zero-order valence-electron chi connectivity index (χ0n) is 13.0. The highest BCUT2D eigenvalue weighted by Gasteiger charge is 2.37. The van der Waals surface area contributed by atoms with Crippen LogP contribution in [0.2, 0.25) is 0 Å². The molecule has 0 aromatic heterocycles. The lowest BCUT2D eigenvalue weighted by Crippen LogP contribution is -2.41. The molecule has 2 aliphatic rings. The molecule has 0 spiro atoms. The van der Waals surface area contributed by atoms with Gasteiger partial charge in [-0.25, -0.2) is 0 Å². The Balaban J connectivity index is 1.80. The zero-order valence-corrected chi connectivity index (χ0v) is 13.0. The molecule has 0 heterocycles. The first-order valence-electron chi connectivity index (χ1n) is 8.66. The van der Waals surface area contributed by atoms with E-state index in [9.17, 15) is 0 Å². The van der Waals surface area contributed by atoms with Crippen LogP contribution in [0.5, 0.6) is 0 Å². The average molecular weight is 271 g/mol. The van der Waals surface area contributed by atoms with Crippen LogP contribution < -0.4 is 5.32 Å². The summed E-state index contributed by atoms with van der Waals surface area (Å²) in [5, 5.41) is 3.83. The fraction of sp³-hybridized carbons (Fsp3) is 0.684. The molecule has 0 amide bonds. The Morgan fingerprint density at radius 3 is 2.85 bits per heavy atom.